The van der Waals surface area contributed by atoms with Crippen molar-refractivity contribution in [2.24, 2.45) is 0 Å². The van der Waals surface area contributed by atoms with Crippen molar-refractivity contribution in [3.63, 3.8) is 0 Å². The molecule has 2 aromatic rings. The maximum Gasteiger partial charge on any atom is 0.350 e. The average molecular weight is 317 g/mol. The second-order valence-corrected chi connectivity index (χ2v) is 5.95. The SMILES string of the molecule is COC[C@H](Cn1cnc2c(N)ncnc21)OCP(=O)(O)O. The fourth-order valence-corrected chi connectivity index (χ4v) is 2.20. The number of rotatable bonds is 7. The highest BCUT2D eigenvalue weighted by atomic mass is 31.2. The molecule has 116 valence electrons. The van der Waals surface area contributed by atoms with Gasteiger partial charge < -0.3 is 29.6 Å². The predicted molar refractivity (Wildman–Crippen MR) is 73.4 cm³/mol. The fourth-order valence-electron chi connectivity index (χ4n) is 1.79. The van der Waals surface area contributed by atoms with Gasteiger partial charge in [0.05, 0.1) is 25.6 Å². The van der Waals surface area contributed by atoms with Crippen LogP contribution in [0, 0.1) is 0 Å². The van der Waals surface area contributed by atoms with E-state index >= 15 is 0 Å². The Kier molecular flexibility index (Phi) is 4.86. The molecule has 0 saturated heterocycles. The second kappa shape index (κ2) is 6.46. The summed E-state index contributed by atoms with van der Waals surface area (Å²) in [6, 6.07) is 0. The molecular weight excluding hydrogens is 301 g/mol. The molecule has 0 fully saturated rings. The van der Waals surface area contributed by atoms with E-state index in [9.17, 15) is 4.57 Å². The molecule has 2 rings (SSSR count). The molecule has 0 saturated carbocycles. The molecule has 0 spiro atoms. The van der Waals surface area contributed by atoms with Crippen LogP contribution < -0.4 is 5.73 Å². The van der Waals surface area contributed by atoms with Crippen LogP contribution in [0.4, 0.5) is 5.82 Å². The number of imidazole rings is 1. The van der Waals surface area contributed by atoms with Crippen LogP contribution in [0.5, 0.6) is 0 Å². The molecular formula is C10H16N5O5P. The molecule has 1 atom stereocenters. The lowest BCUT2D eigenvalue weighted by atomic mass is 10.3. The Labute approximate surface area is 120 Å². The number of fused-ring (bicyclic) bond motifs is 1. The standard InChI is InChI=1S/C10H16N5O5P/c1-19-3-7(20-6-21(16,17)18)2-15-5-14-8-9(11)12-4-13-10(8)15/h4-5,7H,2-3,6H2,1H3,(H2,11,12,13)(H2,16,17,18)/t7-/m0/s1. The first-order valence-corrected chi connectivity index (χ1v) is 7.77. The van der Waals surface area contributed by atoms with Gasteiger partial charge in [-0.05, 0) is 0 Å². The number of methoxy groups -OCH3 is 1. The van der Waals surface area contributed by atoms with Crippen molar-refractivity contribution in [3.05, 3.63) is 12.7 Å². The first kappa shape index (κ1) is 15.8. The zero-order valence-electron chi connectivity index (χ0n) is 11.3. The molecule has 21 heavy (non-hydrogen) atoms. The quantitative estimate of drug-likeness (QED) is 0.579. The number of hydrogen-bond donors (Lipinski definition) is 3. The Bertz CT molecular complexity index is 656. The summed E-state index contributed by atoms with van der Waals surface area (Å²) in [5.41, 5.74) is 6.67. The highest BCUT2D eigenvalue weighted by Crippen LogP contribution is 2.34. The first-order valence-electron chi connectivity index (χ1n) is 5.97. The van der Waals surface area contributed by atoms with E-state index in [0.29, 0.717) is 11.2 Å². The molecule has 0 aliphatic heterocycles. The van der Waals surface area contributed by atoms with Crippen LogP contribution in [-0.4, -0.2) is 55.5 Å². The lowest BCUT2D eigenvalue weighted by molar-refractivity contribution is 0.00416. The fraction of sp³-hybridized carbons (Fsp3) is 0.500. The van der Waals surface area contributed by atoms with Crippen LogP contribution in [0.1, 0.15) is 0 Å². The number of nitrogen functional groups attached to an aromatic ring is 1. The lowest BCUT2D eigenvalue weighted by Gasteiger charge is -2.18. The smallest absolute Gasteiger partial charge is 0.350 e. The van der Waals surface area contributed by atoms with Crippen molar-refractivity contribution in [1.82, 2.24) is 19.5 Å². The number of anilines is 1. The Morgan fingerprint density at radius 2 is 2.19 bits per heavy atom. The predicted octanol–water partition coefficient (Wildman–Crippen LogP) is -0.425. The summed E-state index contributed by atoms with van der Waals surface area (Å²) in [6.45, 7) is 0.432. The van der Waals surface area contributed by atoms with Crippen LogP contribution in [0.2, 0.25) is 0 Å². The van der Waals surface area contributed by atoms with Gasteiger partial charge in [-0.25, -0.2) is 15.0 Å². The number of nitrogens with two attached hydrogens (primary N) is 1. The van der Waals surface area contributed by atoms with Gasteiger partial charge in [0.1, 0.15) is 18.2 Å². The maximum atomic E-state index is 10.9. The van der Waals surface area contributed by atoms with Gasteiger partial charge >= 0.3 is 7.60 Å². The maximum absolute atomic E-state index is 10.9. The van der Waals surface area contributed by atoms with Crippen molar-refractivity contribution >= 4 is 24.6 Å². The van der Waals surface area contributed by atoms with E-state index in [2.05, 4.69) is 15.0 Å². The summed E-state index contributed by atoms with van der Waals surface area (Å²) < 4.78 is 22.7. The highest BCUT2D eigenvalue weighted by Gasteiger charge is 2.19. The summed E-state index contributed by atoms with van der Waals surface area (Å²) in [4.78, 5) is 29.7. The summed E-state index contributed by atoms with van der Waals surface area (Å²) in [7, 11) is -2.77. The van der Waals surface area contributed by atoms with E-state index in [4.69, 9.17) is 25.0 Å². The third-order valence-corrected chi connectivity index (χ3v) is 3.15. The van der Waals surface area contributed by atoms with Gasteiger partial charge in [0.15, 0.2) is 11.5 Å². The van der Waals surface area contributed by atoms with Gasteiger partial charge in [-0.3, -0.25) is 4.57 Å². The molecule has 0 unspecified atom stereocenters. The zero-order valence-corrected chi connectivity index (χ0v) is 12.2. The topological polar surface area (TPSA) is 146 Å². The molecule has 10 nitrogen and oxygen atoms in total. The van der Waals surface area contributed by atoms with E-state index < -0.39 is 20.0 Å². The first-order chi connectivity index (χ1) is 9.90. The minimum atomic E-state index is -4.24. The molecule has 4 N–H and O–H groups in total. The molecule has 11 heteroatoms. The molecule has 0 bridgehead atoms. The van der Waals surface area contributed by atoms with Crippen LogP contribution in [0.15, 0.2) is 12.7 Å². The van der Waals surface area contributed by atoms with Crippen LogP contribution >= 0.6 is 7.60 Å². The molecule has 2 aromatic heterocycles. The van der Waals surface area contributed by atoms with Gasteiger partial charge in [0.2, 0.25) is 0 Å². The van der Waals surface area contributed by atoms with Crippen LogP contribution in [0.3, 0.4) is 0 Å². The lowest BCUT2D eigenvalue weighted by Crippen LogP contribution is -2.25. The molecule has 0 amide bonds. The van der Waals surface area contributed by atoms with E-state index in [0.717, 1.165) is 0 Å². The van der Waals surface area contributed by atoms with Crippen molar-refractivity contribution in [2.75, 3.05) is 25.8 Å². The van der Waals surface area contributed by atoms with Crippen molar-refractivity contribution in [3.8, 4) is 0 Å². The van der Waals surface area contributed by atoms with Gasteiger partial charge in [-0.2, -0.15) is 0 Å². The van der Waals surface area contributed by atoms with Gasteiger partial charge in [-0.1, -0.05) is 0 Å². The Hall–Kier alpha value is -1.58. The second-order valence-electron chi connectivity index (χ2n) is 4.37. The largest absolute Gasteiger partial charge is 0.382 e. The van der Waals surface area contributed by atoms with Gasteiger partial charge in [-0.15, -0.1) is 0 Å². The average Bonchev–Trinajstić information content (AvgIpc) is 2.80. The number of ether oxygens (including phenoxy) is 2. The zero-order chi connectivity index (χ0) is 15.5. The summed E-state index contributed by atoms with van der Waals surface area (Å²) in [5.74, 6) is 0.262. The normalized spacial score (nSPS) is 13.7. The number of aromatic nitrogens is 4. The van der Waals surface area contributed by atoms with E-state index in [1.54, 1.807) is 4.57 Å². The number of nitrogens with zero attached hydrogens (tertiary/aromatic N) is 4. The third kappa shape index (κ3) is 4.19. The summed E-state index contributed by atoms with van der Waals surface area (Å²) in [6.07, 6.45) is 1.60. The minimum absolute atomic E-state index is 0.167. The van der Waals surface area contributed by atoms with E-state index in [-0.39, 0.29) is 19.0 Å². The van der Waals surface area contributed by atoms with Crippen molar-refractivity contribution < 1.29 is 23.8 Å². The van der Waals surface area contributed by atoms with E-state index in [1.807, 2.05) is 0 Å². The van der Waals surface area contributed by atoms with Crippen molar-refractivity contribution in [2.45, 2.75) is 12.6 Å². The van der Waals surface area contributed by atoms with Crippen LogP contribution in [0.25, 0.3) is 11.2 Å². The van der Waals surface area contributed by atoms with Gasteiger partial charge in [0, 0.05) is 7.11 Å². The Morgan fingerprint density at radius 3 is 2.86 bits per heavy atom. The number of hydrogen-bond acceptors (Lipinski definition) is 7. The van der Waals surface area contributed by atoms with Crippen LogP contribution in [-0.2, 0) is 20.6 Å². The Morgan fingerprint density at radius 1 is 1.43 bits per heavy atom. The highest BCUT2D eigenvalue weighted by molar-refractivity contribution is 7.51. The Balaban J connectivity index is 2.15. The molecule has 0 aliphatic rings. The third-order valence-electron chi connectivity index (χ3n) is 2.66. The monoisotopic (exact) mass is 317 g/mol. The van der Waals surface area contributed by atoms with Gasteiger partial charge in [0.25, 0.3) is 0 Å². The summed E-state index contributed by atoms with van der Waals surface area (Å²) >= 11 is 0. The summed E-state index contributed by atoms with van der Waals surface area (Å²) in [5, 5.41) is 0. The van der Waals surface area contributed by atoms with Crippen molar-refractivity contribution in [1.29, 1.82) is 0 Å². The van der Waals surface area contributed by atoms with E-state index in [1.165, 1.54) is 19.8 Å². The molecule has 0 aromatic carbocycles. The molecule has 0 radical (unpaired) electrons. The molecule has 0 aliphatic carbocycles. The minimum Gasteiger partial charge on any atom is -0.382 e. The molecule has 2 heterocycles.